The van der Waals surface area contributed by atoms with Gasteiger partial charge < -0.3 is 9.47 Å². The van der Waals surface area contributed by atoms with E-state index in [1.807, 2.05) is 12.1 Å². The monoisotopic (exact) mass is 230 g/mol. The molecule has 1 aliphatic heterocycles. The van der Waals surface area contributed by atoms with Crippen LogP contribution in [0.1, 0.15) is 0 Å². The third-order valence-corrected chi connectivity index (χ3v) is 4.13. The Morgan fingerprint density at radius 3 is 2.43 bits per heavy atom. The van der Waals surface area contributed by atoms with Crippen molar-refractivity contribution in [2.75, 3.05) is 25.7 Å². The summed E-state index contributed by atoms with van der Waals surface area (Å²) in [5.74, 6) is 1.69. The fourth-order valence-corrected chi connectivity index (χ4v) is 2.47. The van der Waals surface area contributed by atoms with Crippen molar-refractivity contribution in [3.05, 3.63) is 18.2 Å². The lowest BCUT2D eigenvalue weighted by Crippen LogP contribution is -2.15. The lowest BCUT2D eigenvalue weighted by Gasteiger charge is -2.26. The van der Waals surface area contributed by atoms with Gasteiger partial charge >= 0.3 is 0 Å². The van der Waals surface area contributed by atoms with E-state index in [1.54, 1.807) is 0 Å². The lowest BCUT2D eigenvalue weighted by molar-refractivity contribution is 0.171. The normalized spacial score (nSPS) is 16.5. The van der Waals surface area contributed by atoms with Gasteiger partial charge in [-0.3, -0.25) is 0 Å². The Kier molecular flexibility index (Phi) is 2.58. The van der Waals surface area contributed by atoms with Gasteiger partial charge in [0.15, 0.2) is 11.5 Å². The molecule has 1 heterocycles. The van der Waals surface area contributed by atoms with Crippen LogP contribution in [-0.4, -0.2) is 25.7 Å². The molecule has 0 unspecified atom stereocenters. The zero-order valence-electron chi connectivity index (χ0n) is 8.32. The Morgan fingerprint density at radius 2 is 1.79 bits per heavy atom. The first-order chi connectivity index (χ1) is 6.57. The molecular weight excluding hydrogens is 216 g/mol. The van der Waals surface area contributed by atoms with Crippen molar-refractivity contribution in [2.24, 2.45) is 0 Å². The molecule has 4 heteroatoms. The first kappa shape index (κ1) is 10.1. The Labute approximate surface area is 90.7 Å². The van der Waals surface area contributed by atoms with Crippen LogP contribution in [0, 0.1) is 0 Å². The van der Waals surface area contributed by atoms with Crippen molar-refractivity contribution in [3.63, 3.8) is 0 Å². The van der Waals surface area contributed by atoms with Crippen LogP contribution in [0.4, 0.5) is 0 Å². The minimum absolute atomic E-state index is 0.638. The number of thiol groups is 1. The van der Waals surface area contributed by atoms with Crippen LogP contribution < -0.4 is 9.47 Å². The van der Waals surface area contributed by atoms with E-state index in [0.717, 1.165) is 11.5 Å². The second-order valence-electron chi connectivity index (χ2n) is 3.58. The Morgan fingerprint density at radius 1 is 1.14 bits per heavy atom. The average molecular weight is 230 g/mol. The summed E-state index contributed by atoms with van der Waals surface area (Å²) < 4.78 is 11.0. The lowest BCUT2D eigenvalue weighted by atomic mass is 10.3. The molecule has 78 valence electrons. The molecule has 0 radical (unpaired) electrons. The molecule has 2 rings (SSSR count). The summed E-state index contributed by atoms with van der Waals surface area (Å²) in [7, 11) is -0.977. The molecule has 1 aliphatic rings. The van der Waals surface area contributed by atoms with Crippen molar-refractivity contribution >= 4 is 20.7 Å². The molecule has 0 aromatic heterocycles. The molecule has 14 heavy (non-hydrogen) atoms. The first-order valence-corrected chi connectivity index (χ1v) is 7.93. The summed E-state index contributed by atoms with van der Waals surface area (Å²) >= 11 is 4.60. The second kappa shape index (κ2) is 3.59. The van der Waals surface area contributed by atoms with Crippen molar-refractivity contribution in [2.45, 2.75) is 4.90 Å². The number of benzene rings is 1. The molecular formula is C10H14O2S2. The summed E-state index contributed by atoms with van der Waals surface area (Å²) in [4.78, 5) is 1.23. The molecule has 0 bridgehead atoms. The first-order valence-electron chi connectivity index (χ1n) is 4.43. The van der Waals surface area contributed by atoms with E-state index in [0.29, 0.717) is 13.2 Å². The minimum atomic E-state index is -0.977. The molecule has 0 spiro atoms. The molecule has 1 aromatic rings. The zero-order valence-corrected chi connectivity index (χ0v) is 10.0. The van der Waals surface area contributed by atoms with Crippen LogP contribution in [0.5, 0.6) is 11.5 Å². The van der Waals surface area contributed by atoms with E-state index in [1.165, 1.54) is 4.90 Å². The van der Waals surface area contributed by atoms with E-state index in [4.69, 9.17) is 9.47 Å². The highest BCUT2D eigenvalue weighted by molar-refractivity contribution is 8.87. The number of hydrogen-bond donors (Lipinski definition) is 1. The molecule has 0 aliphatic carbocycles. The van der Waals surface area contributed by atoms with Crippen molar-refractivity contribution < 1.29 is 9.47 Å². The summed E-state index contributed by atoms with van der Waals surface area (Å²) in [6.07, 6.45) is 4.28. The molecule has 0 fully saturated rings. The van der Waals surface area contributed by atoms with Gasteiger partial charge in [-0.2, -0.15) is 9.06 Å². The zero-order chi connectivity index (χ0) is 10.2. The molecule has 0 N–H and O–H groups in total. The van der Waals surface area contributed by atoms with Gasteiger partial charge in [-0.25, -0.2) is 0 Å². The summed E-state index contributed by atoms with van der Waals surface area (Å²) in [5, 5.41) is 0. The van der Waals surface area contributed by atoms with Crippen molar-refractivity contribution in [1.82, 2.24) is 0 Å². The van der Waals surface area contributed by atoms with Gasteiger partial charge in [-0.15, -0.1) is 11.7 Å². The molecule has 0 amide bonds. The highest BCUT2D eigenvalue weighted by Crippen LogP contribution is 2.54. The molecule has 0 saturated carbocycles. The van der Waals surface area contributed by atoms with Crippen LogP contribution in [0.3, 0.4) is 0 Å². The number of ether oxygens (including phenoxy) is 2. The van der Waals surface area contributed by atoms with Crippen LogP contribution >= 0.6 is 20.7 Å². The molecule has 2 nitrogen and oxygen atoms in total. The maximum absolute atomic E-state index is 5.51. The third kappa shape index (κ3) is 1.96. The van der Waals surface area contributed by atoms with E-state index in [-0.39, 0.29) is 0 Å². The van der Waals surface area contributed by atoms with E-state index in [2.05, 4.69) is 30.2 Å². The third-order valence-electron chi connectivity index (χ3n) is 2.09. The topological polar surface area (TPSA) is 18.5 Å². The molecule has 0 atom stereocenters. The van der Waals surface area contributed by atoms with Crippen LogP contribution in [0.2, 0.25) is 0 Å². The fourth-order valence-electron chi connectivity index (χ4n) is 1.33. The van der Waals surface area contributed by atoms with Crippen molar-refractivity contribution in [3.8, 4) is 11.5 Å². The predicted octanol–water partition coefficient (Wildman–Crippen LogP) is 2.73. The van der Waals surface area contributed by atoms with E-state index < -0.39 is 9.06 Å². The fraction of sp³-hybridized carbons (Fsp3) is 0.400. The second-order valence-corrected chi connectivity index (χ2v) is 9.33. The SMILES string of the molecule is CS(C)(S)c1ccc2c(c1)OCCO2. The number of rotatable bonds is 1. The standard InChI is InChI=1S/C10H14O2S2/c1-14(2,13)8-3-4-9-10(7-8)12-6-5-11-9/h3-4,7,13H,5-6H2,1-2H3. The molecule has 1 aromatic carbocycles. The predicted molar refractivity (Wildman–Crippen MR) is 64.1 cm³/mol. The smallest absolute Gasteiger partial charge is 0.162 e. The average Bonchev–Trinajstić information content (AvgIpc) is 2.16. The highest BCUT2D eigenvalue weighted by atomic mass is 33.1. The summed E-state index contributed by atoms with van der Waals surface area (Å²) in [5.41, 5.74) is 0. The van der Waals surface area contributed by atoms with Crippen LogP contribution in [0.15, 0.2) is 23.1 Å². The molecule has 0 saturated heterocycles. The van der Waals surface area contributed by atoms with E-state index in [9.17, 15) is 0 Å². The Bertz CT molecular complexity index is 344. The van der Waals surface area contributed by atoms with Gasteiger partial charge in [0.25, 0.3) is 0 Å². The van der Waals surface area contributed by atoms with Crippen LogP contribution in [0.25, 0.3) is 0 Å². The number of fused-ring (bicyclic) bond motifs is 1. The largest absolute Gasteiger partial charge is 0.486 e. The maximum Gasteiger partial charge on any atom is 0.162 e. The van der Waals surface area contributed by atoms with Gasteiger partial charge in [-0.1, -0.05) is 0 Å². The van der Waals surface area contributed by atoms with Crippen LogP contribution in [-0.2, 0) is 0 Å². The van der Waals surface area contributed by atoms with Gasteiger partial charge in [0, 0.05) is 4.90 Å². The maximum atomic E-state index is 5.51. The van der Waals surface area contributed by atoms with Gasteiger partial charge in [-0.05, 0) is 30.7 Å². The summed E-state index contributed by atoms with van der Waals surface area (Å²) in [6.45, 7) is 1.28. The van der Waals surface area contributed by atoms with Gasteiger partial charge in [0.05, 0.1) is 0 Å². The minimum Gasteiger partial charge on any atom is -0.486 e. The van der Waals surface area contributed by atoms with Gasteiger partial charge in [0.2, 0.25) is 0 Å². The summed E-state index contributed by atoms with van der Waals surface area (Å²) in [6, 6.07) is 6.07. The number of hydrogen-bond acceptors (Lipinski definition) is 3. The highest BCUT2D eigenvalue weighted by Gasteiger charge is 2.16. The van der Waals surface area contributed by atoms with Crippen molar-refractivity contribution in [1.29, 1.82) is 0 Å². The Hall–Kier alpha value is -0.480. The quantitative estimate of drug-likeness (QED) is 0.590. The Balaban J connectivity index is 2.39. The van der Waals surface area contributed by atoms with Gasteiger partial charge in [0.1, 0.15) is 13.2 Å². The van der Waals surface area contributed by atoms with E-state index >= 15 is 0 Å².